The molecule has 2 aromatic rings. The number of sulfonamides is 1. The second kappa shape index (κ2) is 7.10. The van der Waals surface area contributed by atoms with Crippen molar-refractivity contribution >= 4 is 10.0 Å². The van der Waals surface area contributed by atoms with Crippen LogP contribution in [0.4, 0.5) is 4.39 Å². The van der Waals surface area contributed by atoms with Crippen LogP contribution in [0.1, 0.15) is 25.5 Å². The van der Waals surface area contributed by atoms with Crippen molar-refractivity contribution in [1.29, 1.82) is 0 Å². The Morgan fingerprint density at radius 1 is 1.09 bits per heavy atom. The molecule has 0 aliphatic carbocycles. The van der Waals surface area contributed by atoms with Gasteiger partial charge in [-0.1, -0.05) is 32.0 Å². The van der Waals surface area contributed by atoms with E-state index >= 15 is 0 Å². The molecule has 0 saturated heterocycles. The van der Waals surface area contributed by atoms with Crippen LogP contribution in [-0.2, 0) is 10.0 Å². The molecule has 1 unspecified atom stereocenters. The summed E-state index contributed by atoms with van der Waals surface area (Å²) in [5.74, 6) is 0.134. The Kier molecular flexibility index (Phi) is 5.38. The lowest BCUT2D eigenvalue weighted by molar-refractivity contribution is 0.413. The van der Waals surface area contributed by atoms with Crippen LogP contribution >= 0.6 is 0 Å². The third-order valence-corrected chi connectivity index (χ3v) is 4.97. The molecule has 0 heterocycles. The van der Waals surface area contributed by atoms with Crippen molar-refractivity contribution < 1.29 is 17.5 Å². The molecule has 6 heteroatoms. The molecule has 1 atom stereocenters. The molecule has 0 aromatic heterocycles. The van der Waals surface area contributed by atoms with Gasteiger partial charge in [-0.15, -0.1) is 0 Å². The molecule has 0 bridgehead atoms. The highest BCUT2D eigenvalue weighted by Gasteiger charge is 2.24. The third-order valence-electron chi connectivity index (χ3n) is 3.53. The fourth-order valence-corrected chi connectivity index (χ4v) is 3.67. The number of nitrogens with one attached hydrogen (secondary N) is 1. The van der Waals surface area contributed by atoms with Crippen LogP contribution in [0.2, 0.25) is 0 Å². The fraction of sp³-hybridized carbons (Fsp3) is 0.294. The zero-order valence-corrected chi connectivity index (χ0v) is 14.1. The minimum absolute atomic E-state index is 0.0201. The monoisotopic (exact) mass is 337 g/mol. The molecule has 0 aliphatic rings. The largest absolute Gasteiger partial charge is 0.497 e. The van der Waals surface area contributed by atoms with Gasteiger partial charge in [-0.3, -0.25) is 0 Å². The Hall–Kier alpha value is -1.92. The molecular weight excluding hydrogens is 317 g/mol. The maximum atomic E-state index is 13.3. The van der Waals surface area contributed by atoms with Crippen LogP contribution < -0.4 is 9.46 Å². The average molecular weight is 337 g/mol. The molecule has 4 nitrogen and oxygen atoms in total. The van der Waals surface area contributed by atoms with E-state index in [1.165, 1.54) is 18.2 Å². The number of methoxy groups -OCH3 is 1. The molecule has 2 aromatic carbocycles. The number of benzene rings is 2. The SMILES string of the molecule is COc1ccc(C(NS(=O)(=O)c2cccc(F)c2)C(C)C)cc1. The predicted octanol–water partition coefficient (Wildman–Crippen LogP) is 3.51. The van der Waals surface area contributed by atoms with Crippen molar-refractivity contribution in [2.45, 2.75) is 24.8 Å². The lowest BCUT2D eigenvalue weighted by Gasteiger charge is -2.23. The summed E-state index contributed by atoms with van der Waals surface area (Å²) >= 11 is 0. The van der Waals surface area contributed by atoms with Crippen molar-refractivity contribution in [3.63, 3.8) is 0 Å². The van der Waals surface area contributed by atoms with Crippen LogP contribution in [-0.4, -0.2) is 15.5 Å². The maximum Gasteiger partial charge on any atom is 0.241 e. The van der Waals surface area contributed by atoms with Gasteiger partial charge in [0, 0.05) is 6.04 Å². The van der Waals surface area contributed by atoms with Gasteiger partial charge in [0.15, 0.2) is 0 Å². The summed E-state index contributed by atoms with van der Waals surface area (Å²) < 4.78 is 46.0. The number of hydrogen-bond donors (Lipinski definition) is 1. The Bertz CT molecular complexity index is 758. The first-order valence-corrected chi connectivity index (χ1v) is 8.73. The summed E-state index contributed by atoms with van der Waals surface area (Å²) in [5, 5.41) is 0. The predicted molar refractivity (Wildman–Crippen MR) is 87.3 cm³/mol. The minimum Gasteiger partial charge on any atom is -0.497 e. The molecule has 2 rings (SSSR count). The highest BCUT2D eigenvalue weighted by atomic mass is 32.2. The summed E-state index contributed by atoms with van der Waals surface area (Å²) in [7, 11) is -2.24. The summed E-state index contributed by atoms with van der Waals surface area (Å²) in [6.07, 6.45) is 0. The molecule has 0 amide bonds. The number of halogens is 1. The topological polar surface area (TPSA) is 55.4 Å². The molecule has 0 aliphatic heterocycles. The summed E-state index contributed by atoms with van der Waals surface area (Å²) in [6.45, 7) is 3.84. The van der Waals surface area contributed by atoms with Crippen molar-refractivity contribution in [2.24, 2.45) is 5.92 Å². The molecular formula is C17H20FNO3S. The lowest BCUT2D eigenvalue weighted by atomic mass is 9.97. The number of rotatable bonds is 6. The fourth-order valence-electron chi connectivity index (χ4n) is 2.27. The highest BCUT2D eigenvalue weighted by molar-refractivity contribution is 7.89. The van der Waals surface area contributed by atoms with Gasteiger partial charge < -0.3 is 4.74 Å². The van der Waals surface area contributed by atoms with Crippen molar-refractivity contribution in [2.75, 3.05) is 7.11 Å². The Morgan fingerprint density at radius 2 is 1.74 bits per heavy atom. The van der Waals surface area contributed by atoms with Gasteiger partial charge in [-0.2, -0.15) is 0 Å². The van der Waals surface area contributed by atoms with Gasteiger partial charge in [-0.05, 0) is 41.8 Å². The first kappa shape index (κ1) is 17.4. The van der Waals surface area contributed by atoms with E-state index in [1.54, 1.807) is 19.2 Å². The lowest BCUT2D eigenvalue weighted by Crippen LogP contribution is -2.31. The van der Waals surface area contributed by atoms with Crippen LogP contribution in [0.15, 0.2) is 53.4 Å². The second-order valence-corrected chi connectivity index (χ2v) is 7.29. The van der Waals surface area contributed by atoms with Gasteiger partial charge in [0.1, 0.15) is 11.6 Å². The van der Waals surface area contributed by atoms with Gasteiger partial charge in [-0.25, -0.2) is 17.5 Å². The number of hydrogen-bond acceptors (Lipinski definition) is 3. The third kappa shape index (κ3) is 4.30. The molecule has 124 valence electrons. The van der Waals surface area contributed by atoms with Crippen molar-refractivity contribution in [3.8, 4) is 5.75 Å². The summed E-state index contributed by atoms with van der Waals surface area (Å²) in [5.41, 5.74) is 0.820. The molecule has 0 radical (unpaired) electrons. The van der Waals surface area contributed by atoms with Crippen LogP contribution in [0.3, 0.4) is 0 Å². The van der Waals surface area contributed by atoms with E-state index < -0.39 is 21.9 Å². The van der Waals surface area contributed by atoms with E-state index in [-0.39, 0.29) is 10.8 Å². The quantitative estimate of drug-likeness (QED) is 0.877. The molecule has 1 N–H and O–H groups in total. The van der Waals surface area contributed by atoms with Crippen molar-refractivity contribution in [3.05, 3.63) is 59.9 Å². The van der Waals surface area contributed by atoms with Crippen molar-refractivity contribution in [1.82, 2.24) is 4.72 Å². The van der Waals surface area contributed by atoms with Gasteiger partial charge in [0.25, 0.3) is 0 Å². The summed E-state index contributed by atoms with van der Waals surface area (Å²) in [4.78, 5) is -0.0864. The van der Waals surface area contributed by atoms with E-state index in [1.807, 2.05) is 26.0 Å². The van der Waals surface area contributed by atoms with E-state index in [2.05, 4.69) is 4.72 Å². The molecule has 0 fully saturated rings. The average Bonchev–Trinajstić information content (AvgIpc) is 2.52. The zero-order valence-electron chi connectivity index (χ0n) is 13.3. The van der Waals surface area contributed by atoms with Gasteiger partial charge >= 0.3 is 0 Å². The zero-order chi connectivity index (χ0) is 17.0. The number of ether oxygens (including phenoxy) is 1. The smallest absolute Gasteiger partial charge is 0.241 e. The summed E-state index contributed by atoms with van der Waals surface area (Å²) in [6, 6.07) is 11.7. The van der Waals surface area contributed by atoms with E-state index in [0.29, 0.717) is 5.75 Å². The van der Waals surface area contributed by atoms with E-state index in [9.17, 15) is 12.8 Å². The van der Waals surface area contributed by atoms with Gasteiger partial charge in [0.2, 0.25) is 10.0 Å². The highest BCUT2D eigenvalue weighted by Crippen LogP contribution is 2.26. The first-order chi connectivity index (χ1) is 10.8. The molecule has 0 saturated carbocycles. The van der Waals surface area contributed by atoms with Crippen LogP contribution in [0.25, 0.3) is 0 Å². The Balaban J connectivity index is 2.31. The van der Waals surface area contributed by atoms with Crippen LogP contribution in [0, 0.1) is 11.7 Å². The molecule has 0 spiro atoms. The first-order valence-electron chi connectivity index (χ1n) is 7.25. The van der Waals surface area contributed by atoms with Gasteiger partial charge in [0.05, 0.1) is 12.0 Å². The van der Waals surface area contributed by atoms with E-state index in [4.69, 9.17) is 4.74 Å². The standard InChI is InChI=1S/C17H20FNO3S/c1-12(2)17(13-7-9-15(22-3)10-8-13)19-23(20,21)16-6-4-5-14(18)11-16/h4-12,17,19H,1-3H3. The maximum absolute atomic E-state index is 13.3. The molecule has 23 heavy (non-hydrogen) atoms. The Morgan fingerprint density at radius 3 is 2.26 bits per heavy atom. The second-order valence-electron chi connectivity index (χ2n) is 5.57. The van der Waals surface area contributed by atoms with Crippen LogP contribution in [0.5, 0.6) is 5.75 Å². The van der Waals surface area contributed by atoms with E-state index in [0.717, 1.165) is 11.6 Å². The normalized spacial score (nSPS) is 13.1. The minimum atomic E-state index is -3.81. The Labute approximate surface area is 136 Å².